The van der Waals surface area contributed by atoms with Gasteiger partial charge in [-0.1, -0.05) is 44.0 Å². The molecule has 7 nitrogen and oxygen atoms in total. The minimum absolute atomic E-state index is 0.0473. The molecular formula is C21H31N5O2S. The molecule has 2 aromatic rings. The minimum atomic E-state index is 0.0473. The van der Waals surface area contributed by atoms with Gasteiger partial charge in [-0.25, -0.2) is 0 Å². The number of benzene rings is 1. The number of aromatic nitrogens is 3. The van der Waals surface area contributed by atoms with Crippen molar-refractivity contribution in [3.05, 3.63) is 30.1 Å². The molecule has 1 fully saturated rings. The van der Waals surface area contributed by atoms with Crippen molar-refractivity contribution in [1.82, 2.24) is 20.1 Å². The van der Waals surface area contributed by atoms with Gasteiger partial charge in [-0.2, -0.15) is 0 Å². The lowest BCUT2D eigenvalue weighted by molar-refractivity contribution is -0.118. The maximum Gasteiger partial charge on any atom is 0.230 e. The predicted octanol–water partition coefficient (Wildman–Crippen LogP) is 4.02. The van der Waals surface area contributed by atoms with E-state index in [0.717, 1.165) is 41.7 Å². The number of amides is 1. The Labute approximate surface area is 177 Å². The monoisotopic (exact) mass is 417 g/mol. The van der Waals surface area contributed by atoms with Crippen molar-refractivity contribution < 1.29 is 9.53 Å². The van der Waals surface area contributed by atoms with Crippen LogP contribution in [0.4, 0.5) is 5.69 Å². The number of ether oxygens (including phenoxy) is 1. The van der Waals surface area contributed by atoms with E-state index in [4.69, 9.17) is 4.74 Å². The van der Waals surface area contributed by atoms with Gasteiger partial charge in [0.2, 0.25) is 5.91 Å². The summed E-state index contributed by atoms with van der Waals surface area (Å²) in [4.78, 5) is 12.0. The van der Waals surface area contributed by atoms with Crippen molar-refractivity contribution in [3.8, 4) is 5.75 Å². The van der Waals surface area contributed by atoms with Crippen molar-refractivity contribution in [2.75, 3.05) is 24.7 Å². The van der Waals surface area contributed by atoms with Crippen LogP contribution >= 0.6 is 11.8 Å². The highest BCUT2D eigenvalue weighted by Crippen LogP contribution is 2.33. The Morgan fingerprint density at radius 3 is 2.86 bits per heavy atom. The van der Waals surface area contributed by atoms with Crippen LogP contribution in [0.3, 0.4) is 0 Å². The lowest BCUT2D eigenvalue weighted by Gasteiger charge is -2.25. The number of carbonyl (C=O) groups excluding carboxylic acids is 1. The molecule has 1 saturated carbocycles. The van der Waals surface area contributed by atoms with E-state index in [9.17, 15) is 4.79 Å². The first-order valence-corrected chi connectivity index (χ1v) is 11.4. The molecule has 0 bridgehead atoms. The lowest BCUT2D eigenvalue weighted by Crippen LogP contribution is -2.26. The summed E-state index contributed by atoms with van der Waals surface area (Å²) in [6.45, 7) is 3.35. The molecule has 1 aromatic heterocycles. The summed E-state index contributed by atoms with van der Waals surface area (Å²) in [7, 11) is 1.67. The first-order chi connectivity index (χ1) is 14.2. The standard InChI is InChI=1S/C21H31N5O2S/c1-3-12-22-20(27)15-29-21-25-24-19(26(21)17-9-5-4-6-10-17)14-23-16-8-7-11-18(13-16)28-2/h7-8,11,13,17,23H,3-6,9-10,12,14-15H2,1-2H3,(H,22,27). The van der Waals surface area contributed by atoms with Gasteiger partial charge in [0.15, 0.2) is 11.0 Å². The SMILES string of the molecule is CCCNC(=O)CSc1nnc(CNc2cccc(OC)c2)n1C1CCCCC1. The normalized spacial score (nSPS) is 14.6. The van der Waals surface area contributed by atoms with Gasteiger partial charge in [-0.3, -0.25) is 4.79 Å². The van der Waals surface area contributed by atoms with Gasteiger partial charge in [0.1, 0.15) is 5.75 Å². The summed E-state index contributed by atoms with van der Waals surface area (Å²) < 4.78 is 7.55. The van der Waals surface area contributed by atoms with Gasteiger partial charge in [-0.15, -0.1) is 10.2 Å². The summed E-state index contributed by atoms with van der Waals surface area (Å²) in [5.74, 6) is 2.15. The Balaban J connectivity index is 1.71. The lowest BCUT2D eigenvalue weighted by atomic mass is 9.95. The van der Waals surface area contributed by atoms with Gasteiger partial charge >= 0.3 is 0 Å². The third kappa shape index (κ3) is 6.13. The number of rotatable bonds is 10. The van der Waals surface area contributed by atoms with Crippen LogP contribution in [0.5, 0.6) is 5.75 Å². The molecule has 158 valence electrons. The fraction of sp³-hybridized carbons (Fsp3) is 0.571. The van der Waals surface area contributed by atoms with E-state index < -0.39 is 0 Å². The number of nitrogens with zero attached hydrogens (tertiary/aromatic N) is 3. The molecule has 0 spiro atoms. The van der Waals surface area contributed by atoms with Gasteiger partial charge in [0.25, 0.3) is 0 Å². The first-order valence-electron chi connectivity index (χ1n) is 10.4. The molecule has 1 heterocycles. The number of hydrogen-bond acceptors (Lipinski definition) is 6. The average molecular weight is 418 g/mol. The van der Waals surface area contributed by atoms with Crippen LogP contribution in [0.15, 0.2) is 29.4 Å². The second-order valence-corrected chi connectivity index (χ2v) is 8.23. The van der Waals surface area contributed by atoms with Crippen LogP contribution < -0.4 is 15.4 Å². The molecule has 0 atom stereocenters. The molecule has 8 heteroatoms. The fourth-order valence-corrected chi connectivity index (χ4v) is 4.45. The molecule has 0 saturated heterocycles. The van der Waals surface area contributed by atoms with E-state index in [2.05, 4.69) is 32.3 Å². The Morgan fingerprint density at radius 1 is 1.28 bits per heavy atom. The quantitative estimate of drug-likeness (QED) is 0.568. The second kappa shape index (κ2) is 11.1. The van der Waals surface area contributed by atoms with Crippen LogP contribution in [-0.2, 0) is 11.3 Å². The topological polar surface area (TPSA) is 81.1 Å². The highest BCUT2D eigenvalue weighted by atomic mass is 32.2. The van der Waals surface area contributed by atoms with Gasteiger partial charge in [0, 0.05) is 24.3 Å². The molecule has 0 aliphatic heterocycles. The van der Waals surface area contributed by atoms with E-state index in [-0.39, 0.29) is 5.91 Å². The number of methoxy groups -OCH3 is 1. The number of nitrogens with one attached hydrogen (secondary N) is 2. The summed E-state index contributed by atoms with van der Waals surface area (Å²) in [5, 5.41) is 16.1. The van der Waals surface area contributed by atoms with Gasteiger partial charge in [-0.05, 0) is 31.4 Å². The van der Waals surface area contributed by atoms with Crippen molar-refractivity contribution >= 4 is 23.4 Å². The molecule has 3 rings (SSSR count). The highest BCUT2D eigenvalue weighted by molar-refractivity contribution is 7.99. The summed E-state index contributed by atoms with van der Waals surface area (Å²) in [5.41, 5.74) is 0.982. The number of thioether (sulfide) groups is 1. The Hall–Kier alpha value is -2.22. The smallest absolute Gasteiger partial charge is 0.230 e. The molecule has 1 amide bonds. The molecule has 29 heavy (non-hydrogen) atoms. The van der Waals surface area contributed by atoms with E-state index >= 15 is 0 Å². The number of hydrogen-bond donors (Lipinski definition) is 2. The highest BCUT2D eigenvalue weighted by Gasteiger charge is 2.23. The maximum atomic E-state index is 12.0. The molecule has 1 aliphatic rings. The third-order valence-corrected chi connectivity index (χ3v) is 6.04. The van der Waals surface area contributed by atoms with Crippen LogP contribution in [0, 0.1) is 0 Å². The van der Waals surface area contributed by atoms with E-state index in [1.165, 1.54) is 31.0 Å². The largest absolute Gasteiger partial charge is 0.497 e. The van der Waals surface area contributed by atoms with E-state index in [1.54, 1.807) is 7.11 Å². The van der Waals surface area contributed by atoms with Crippen molar-refractivity contribution in [1.29, 1.82) is 0 Å². The van der Waals surface area contributed by atoms with E-state index in [1.807, 2.05) is 24.3 Å². The van der Waals surface area contributed by atoms with E-state index in [0.29, 0.717) is 24.9 Å². The fourth-order valence-electron chi connectivity index (χ4n) is 3.59. The Bertz CT molecular complexity index is 789. The predicted molar refractivity (Wildman–Crippen MR) is 116 cm³/mol. The zero-order chi connectivity index (χ0) is 20.5. The number of anilines is 1. The van der Waals surface area contributed by atoms with Crippen LogP contribution in [0.2, 0.25) is 0 Å². The second-order valence-electron chi connectivity index (χ2n) is 7.28. The van der Waals surface area contributed by atoms with Crippen molar-refractivity contribution in [2.24, 2.45) is 0 Å². The molecule has 1 aliphatic carbocycles. The third-order valence-electron chi connectivity index (χ3n) is 5.10. The summed E-state index contributed by atoms with van der Waals surface area (Å²) >= 11 is 1.48. The molecule has 2 N–H and O–H groups in total. The maximum absolute atomic E-state index is 12.0. The molecule has 0 radical (unpaired) electrons. The van der Waals surface area contributed by atoms with Crippen LogP contribution in [0.25, 0.3) is 0 Å². The number of carbonyl (C=O) groups is 1. The molecule has 0 unspecified atom stereocenters. The molecule has 1 aromatic carbocycles. The molecular weight excluding hydrogens is 386 g/mol. The zero-order valence-electron chi connectivity index (χ0n) is 17.3. The zero-order valence-corrected chi connectivity index (χ0v) is 18.1. The first kappa shape index (κ1) is 21.5. The minimum Gasteiger partial charge on any atom is -0.497 e. The summed E-state index contributed by atoms with van der Waals surface area (Å²) in [6.07, 6.45) is 6.96. The van der Waals surface area contributed by atoms with Gasteiger partial charge in [0.05, 0.1) is 19.4 Å². The average Bonchev–Trinajstić information content (AvgIpc) is 3.18. The summed E-state index contributed by atoms with van der Waals surface area (Å²) in [6, 6.07) is 8.27. The van der Waals surface area contributed by atoms with Crippen LogP contribution in [0.1, 0.15) is 57.3 Å². The Kier molecular flexibility index (Phi) is 8.22. The Morgan fingerprint density at radius 2 is 2.10 bits per heavy atom. The van der Waals surface area contributed by atoms with Crippen LogP contribution in [-0.4, -0.2) is 40.1 Å². The van der Waals surface area contributed by atoms with Crippen molar-refractivity contribution in [3.63, 3.8) is 0 Å². The van der Waals surface area contributed by atoms with Gasteiger partial charge < -0.3 is 19.9 Å². The van der Waals surface area contributed by atoms with Crippen molar-refractivity contribution in [2.45, 2.75) is 63.2 Å².